The van der Waals surface area contributed by atoms with Crippen LogP contribution in [-0.4, -0.2) is 33.3 Å². The first-order valence-corrected chi connectivity index (χ1v) is 8.75. The number of carboxylic acid groups (broad SMARTS) is 1. The normalized spacial score (nSPS) is 16.2. The van der Waals surface area contributed by atoms with Gasteiger partial charge in [0.1, 0.15) is 5.82 Å². The molecule has 138 valence electrons. The number of aliphatic carboxylic acids is 1. The largest absolute Gasteiger partial charge is 0.481 e. The maximum absolute atomic E-state index is 13.1. The molecule has 1 aliphatic carbocycles. The molecule has 1 heterocycles. The van der Waals surface area contributed by atoms with E-state index in [1.807, 2.05) is 0 Å². The minimum atomic E-state index is -0.880. The van der Waals surface area contributed by atoms with Crippen LogP contribution >= 0.6 is 0 Å². The van der Waals surface area contributed by atoms with E-state index in [1.165, 1.54) is 18.3 Å². The summed E-state index contributed by atoms with van der Waals surface area (Å²) in [4.78, 5) is 24.3. The van der Waals surface area contributed by atoms with Crippen molar-refractivity contribution in [3.63, 3.8) is 0 Å². The first-order valence-electron chi connectivity index (χ1n) is 8.75. The summed E-state index contributed by atoms with van der Waals surface area (Å²) in [5.74, 6) is -1.54. The van der Waals surface area contributed by atoms with E-state index in [-0.39, 0.29) is 18.3 Å². The number of carbonyl (C=O) groups is 2. The lowest BCUT2D eigenvalue weighted by molar-refractivity contribution is -0.150. The zero-order valence-electron chi connectivity index (χ0n) is 14.7. The average molecular weight is 359 g/mol. The van der Waals surface area contributed by atoms with Crippen LogP contribution in [0.3, 0.4) is 0 Å². The first kappa shape index (κ1) is 18.1. The summed E-state index contributed by atoms with van der Waals surface area (Å²) >= 11 is 0. The highest BCUT2D eigenvalue weighted by atomic mass is 19.1. The Morgan fingerprint density at radius 2 is 1.88 bits per heavy atom. The molecule has 1 fully saturated rings. The quantitative estimate of drug-likeness (QED) is 0.859. The molecule has 0 bridgehead atoms. The molecule has 1 amide bonds. The van der Waals surface area contributed by atoms with E-state index in [4.69, 9.17) is 0 Å². The molecule has 2 N–H and O–H groups in total. The molecule has 0 unspecified atom stereocenters. The minimum Gasteiger partial charge on any atom is -0.481 e. The van der Waals surface area contributed by atoms with Crippen LogP contribution in [0.15, 0.2) is 30.5 Å². The fourth-order valence-corrected chi connectivity index (χ4v) is 3.51. The zero-order chi connectivity index (χ0) is 18.7. The van der Waals surface area contributed by atoms with Crippen molar-refractivity contribution in [3.05, 3.63) is 47.5 Å². The number of hydrogen-bond acceptors (Lipinski definition) is 3. The monoisotopic (exact) mass is 359 g/mol. The van der Waals surface area contributed by atoms with Crippen molar-refractivity contribution in [1.29, 1.82) is 0 Å². The average Bonchev–Trinajstić information content (AvgIpc) is 3.02. The van der Waals surface area contributed by atoms with Gasteiger partial charge in [0.15, 0.2) is 0 Å². The van der Waals surface area contributed by atoms with Crippen molar-refractivity contribution < 1.29 is 19.1 Å². The van der Waals surface area contributed by atoms with E-state index in [1.54, 1.807) is 23.7 Å². The number of amides is 1. The van der Waals surface area contributed by atoms with Gasteiger partial charge in [-0.05, 0) is 44.0 Å². The molecule has 1 aromatic heterocycles. The van der Waals surface area contributed by atoms with Gasteiger partial charge >= 0.3 is 5.97 Å². The third-order valence-corrected chi connectivity index (χ3v) is 5.18. The Morgan fingerprint density at radius 1 is 1.23 bits per heavy atom. The molecule has 3 rings (SSSR count). The van der Waals surface area contributed by atoms with E-state index < -0.39 is 11.4 Å². The third kappa shape index (κ3) is 3.47. The molecule has 0 spiro atoms. The molecule has 0 aliphatic heterocycles. The number of aromatic nitrogens is 2. The third-order valence-electron chi connectivity index (χ3n) is 5.18. The molecule has 0 saturated heterocycles. The number of hydrogen-bond donors (Lipinski definition) is 2. The van der Waals surface area contributed by atoms with Crippen molar-refractivity contribution in [3.8, 4) is 5.69 Å². The molecule has 1 aliphatic rings. The van der Waals surface area contributed by atoms with Crippen molar-refractivity contribution in [1.82, 2.24) is 15.1 Å². The number of nitrogens with one attached hydrogen (secondary N) is 1. The zero-order valence-corrected chi connectivity index (χ0v) is 14.7. The van der Waals surface area contributed by atoms with Crippen molar-refractivity contribution >= 4 is 11.9 Å². The van der Waals surface area contributed by atoms with Gasteiger partial charge in [0, 0.05) is 6.54 Å². The summed E-state index contributed by atoms with van der Waals surface area (Å²) in [5, 5.41) is 16.6. The van der Waals surface area contributed by atoms with Crippen LogP contribution in [0.1, 0.15) is 48.2 Å². The molecule has 2 aromatic rings. The number of carbonyl (C=O) groups excluding carboxylic acids is 1. The maximum Gasteiger partial charge on any atom is 0.311 e. The lowest BCUT2D eigenvalue weighted by Gasteiger charge is -2.33. The van der Waals surface area contributed by atoms with E-state index >= 15 is 0 Å². The highest BCUT2D eigenvalue weighted by Gasteiger charge is 2.40. The Bertz CT molecular complexity index is 808. The summed E-state index contributed by atoms with van der Waals surface area (Å²) < 4.78 is 14.6. The number of rotatable bonds is 5. The summed E-state index contributed by atoms with van der Waals surface area (Å²) in [6.45, 7) is 1.86. The number of halogens is 1. The Kier molecular flexibility index (Phi) is 5.06. The molecular formula is C19H22FN3O3. The highest BCUT2D eigenvalue weighted by Crippen LogP contribution is 2.36. The predicted molar refractivity (Wildman–Crippen MR) is 93.7 cm³/mol. The summed E-state index contributed by atoms with van der Waals surface area (Å²) in [6, 6.07) is 5.82. The second-order valence-corrected chi connectivity index (χ2v) is 6.86. The molecule has 26 heavy (non-hydrogen) atoms. The Labute approximate surface area is 151 Å². The molecule has 0 radical (unpaired) electrons. The Morgan fingerprint density at radius 3 is 2.50 bits per heavy atom. The summed E-state index contributed by atoms with van der Waals surface area (Å²) in [5.41, 5.74) is 0.763. The topological polar surface area (TPSA) is 84.2 Å². The van der Waals surface area contributed by atoms with Gasteiger partial charge < -0.3 is 10.4 Å². The number of benzene rings is 1. The van der Waals surface area contributed by atoms with Crippen LogP contribution in [0, 0.1) is 18.2 Å². The smallest absolute Gasteiger partial charge is 0.311 e. The molecule has 1 saturated carbocycles. The fraction of sp³-hybridized carbons (Fsp3) is 0.421. The Balaban J connectivity index is 1.74. The van der Waals surface area contributed by atoms with Crippen LogP contribution in [0.2, 0.25) is 0 Å². The second-order valence-electron chi connectivity index (χ2n) is 6.86. The van der Waals surface area contributed by atoms with Gasteiger partial charge in [0.2, 0.25) is 0 Å². The lowest BCUT2D eigenvalue weighted by atomic mass is 9.74. The first-order chi connectivity index (χ1) is 12.4. The van der Waals surface area contributed by atoms with E-state index in [0.717, 1.165) is 19.3 Å². The molecule has 1 aromatic carbocycles. The van der Waals surface area contributed by atoms with Crippen LogP contribution in [0.25, 0.3) is 5.69 Å². The van der Waals surface area contributed by atoms with Crippen molar-refractivity contribution in [2.75, 3.05) is 6.54 Å². The van der Waals surface area contributed by atoms with Gasteiger partial charge in [-0.25, -0.2) is 9.07 Å². The van der Waals surface area contributed by atoms with Gasteiger partial charge in [-0.3, -0.25) is 9.59 Å². The van der Waals surface area contributed by atoms with Gasteiger partial charge in [0.25, 0.3) is 5.91 Å². The molecule has 0 atom stereocenters. The van der Waals surface area contributed by atoms with Gasteiger partial charge in [-0.15, -0.1) is 0 Å². The van der Waals surface area contributed by atoms with Crippen molar-refractivity contribution in [2.45, 2.75) is 39.0 Å². The predicted octanol–water partition coefficient (Wildman–Crippen LogP) is 3.08. The summed E-state index contributed by atoms with van der Waals surface area (Å²) in [6.07, 6.45) is 5.37. The maximum atomic E-state index is 13.1. The second kappa shape index (κ2) is 7.27. The lowest BCUT2D eigenvalue weighted by Crippen LogP contribution is -2.44. The minimum absolute atomic E-state index is 0.113. The molecule has 7 heteroatoms. The summed E-state index contributed by atoms with van der Waals surface area (Å²) in [7, 11) is 0. The van der Waals surface area contributed by atoms with E-state index in [9.17, 15) is 19.1 Å². The molecular weight excluding hydrogens is 337 g/mol. The van der Waals surface area contributed by atoms with E-state index in [2.05, 4.69) is 10.4 Å². The fourth-order valence-electron chi connectivity index (χ4n) is 3.51. The Hall–Kier alpha value is -2.70. The number of nitrogens with zero attached hydrogens (tertiary/aromatic N) is 2. The molecule has 6 nitrogen and oxygen atoms in total. The van der Waals surface area contributed by atoms with Crippen LogP contribution < -0.4 is 5.32 Å². The number of carboxylic acids is 1. The van der Waals surface area contributed by atoms with Gasteiger partial charge in [-0.2, -0.15) is 5.10 Å². The highest BCUT2D eigenvalue weighted by molar-refractivity contribution is 5.95. The van der Waals surface area contributed by atoms with Crippen molar-refractivity contribution in [2.24, 2.45) is 5.41 Å². The van der Waals surface area contributed by atoms with Gasteiger partial charge in [0.05, 0.1) is 28.6 Å². The van der Waals surface area contributed by atoms with Gasteiger partial charge in [-0.1, -0.05) is 19.3 Å². The van der Waals surface area contributed by atoms with E-state index in [0.29, 0.717) is 29.8 Å². The standard InChI is InChI=1S/C19H22FN3O3/c1-13-16(11-22-23(13)15-7-5-14(20)6-8-15)17(24)21-12-19(18(25)26)9-3-2-4-10-19/h5-8,11H,2-4,9-10,12H2,1H3,(H,21,24)(H,25,26). The van der Waals surface area contributed by atoms with Crippen LogP contribution in [0.5, 0.6) is 0 Å². The SMILES string of the molecule is Cc1c(C(=O)NCC2(C(=O)O)CCCCC2)cnn1-c1ccc(F)cc1. The van der Waals surface area contributed by atoms with Crippen LogP contribution in [-0.2, 0) is 4.79 Å². The van der Waals surface area contributed by atoms with Crippen LogP contribution in [0.4, 0.5) is 4.39 Å².